The third-order valence-corrected chi connectivity index (χ3v) is 5.86. The first-order valence-electron chi connectivity index (χ1n) is 10.4. The molecule has 0 unspecified atom stereocenters. The number of aryl methyl sites for hydroxylation is 1. The highest BCUT2D eigenvalue weighted by Crippen LogP contribution is 2.23. The average Bonchev–Trinajstić information content (AvgIpc) is 2.83. The molecule has 4 rings (SSSR count). The SMILES string of the molecule is Cc1ccc(NC(=O)[C@@H](Cc2ccccc2)NC2=C/C(=N/O)c3ccccc3C2=O)cc1Cl. The summed E-state index contributed by atoms with van der Waals surface area (Å²) in [5.41, 5.74) is 3.75. The Bertz CT molecular complexity index is 1270. The fourth-order valence-corrected chi connectivity index (χ4v) is 3.85. The van der Waals surface area contributed by atoms with Crippen LogP contribution in [0, 0.1) is 6.92 Å². The molecule has 0 saturated carbocycles. The number of fused-ring (bicyclic) bond motifs is 1. The number of carbonyl (C=O) groups excluding carboxylic acids is 2. The van der Waals surface area contributed by atoms with Gasteiger partial charge in [-0.1, -0.05) is 77.4 Å². The van der Waals surface area contributed by atoms with Crippen molar-refractivity contribution in [1.29, 1.82) is 0 Å². The Balaban J connectivity index is 1.63. The van der Waals surface area contributed by atoms with Crippen molar-refractivity contribution in [2.75, 3.05) is 5.32 Å². The Labute approximate surface area is 196 Å². The van der Waals surface area contributed by atoms with E-state index in [-0.39, 0.29) is 23.1 Å². The molecule has 1 aliphatic rings. The maximum Gasteiger partial charge on any atom is 0.247 e. The fourth-order valence-electron chi connectivity index (χ4n) is 3.67. The van der Waals surface area contributed by atoms with Gasteiger partial charge in [0, 0.05) is 28.3 Å². The summed E-state index contributed by atoms with van der Waals surface area (Å²) in [6.07, 6.45) is 1.79. The van der Waals surface area contributed by atoms with Crippen LogP contribution in [-0.2, 0) is 11.2 Å². The largest absolute Gasteiger partial charge is 0.410 e. The van der Waals surface area contributed by atoms with Crippen LogP contribution >= 0.6 is 11.6 Å². The predicted octanol–water partition coefficient (Wildman–Crippen LogP) is 4.75. The van der Waals surface area contributed by atoms with Crippen LogP contribution < -0.4 is 10.6 Å². The lowest BCUT2D eigenvalue weighted by atomic mass is 9.91. The zero-order valence-corrected chi connectivity index (χ0v) is 18.6. The maximum absolute atomic E-state index is 13.3. The van der Waals surface area contributed by atoms with Crippen LogP contribution in [0.25, 0.3) is 0 Å². The number of Topliss-reactive ketones (excluding diaryl/α,β-unsaturated/α-hetero) is 1. The third kappa shape index (κ3) is 4.96. The number of allylic oxidation sites excluding steroid dienone is 2. The average molecular weight is 460 g/mol. The summed E-state index contributed by atoms with van der Waals surface area (Å²) in [7, 11) is 0. The van der Waals surface area contributed by atoms with Gasteiger partial charge in [-0.15, -0.1) is 0 Å². The number of hydrogen-bond acceptors (Lipinski definition) is 5. The molecule has 1 atom stereocenters. The molecule has 0 radical (unpaired) electrons. The second kappa shape index (κ2) is 9.71. The van der Waals surface area contributed by atoms with E-state index in [1.54, 1.807) is 36.4 Å². The Morgan fingerprint density at radius 3 is 2.42 bits per heavy atom. The van der Waals surface area contributed by atoms with Crippen molar-refractivity contribution < 1.29 is 14.8 Å². The molecule has 3 aromatic carbocycles. The van der Waals surface area contributed by atoms with Crippen molar-refractivity contribution in [3.8, 4) is 0 Å². The smallest absolute Gasteiger partial charge is 0.247 e. The van der Waals surface area contributed by atoms with Crippen molar-refractivity contribution in [1.82, 2.24) is 5.32 Å². The van der Waals surface area contributed by atoms with Crippen molar-refractivity contribution in [3.63, 3.8) is 0 Å². The van der Waals surface area contributed by atoms with Gasteiger partial charge in [0.1, 0.15) is 11.8 Å². The molecule has 166 valence electrons. The highest BCUT2D eigenvalue weighted by molar-refractivity contribution is 6.31. The number of halogens is 1. The molecular formula is C26H22ClN3O3. The van der Waals surface area contributed by atoms with Crippen molar-refractivity contribution in [2.24, 2.45) is 5.16 Å². The van der Waals surface area contributed by atoms with E-state index in [0.717, 1.165) is 11.1 Å². The van der Waals surface area contributed by atoms with Gasteiger partial charge in [-0.05, 0) is 36.3 Å². The van der Waals surface area contributed by atoms with E-state index in [2.05, 4.69) is 15.8 Å². The van der Waals surface area contributed by atoms with Crippen LogP contribution in [0.5, 0.6) is 0 Å². The van der Waals surface area contributed by atoms with Crippen molar-refractivity contribution in [2.45, 2.75) is 19.4 Å². The fraction of sp³-hybridized carbons (Fsp3) is 0.115. The molecule has 33 heavy (non-hydrogen) atoms. The first-order chi connectivity index (χ1) is 16.0. The second-order valence-corrected chi connectivity index (χ2v) is 8.17. The van der Waals surface area contributed by atoms with Crippen LogP contribution in [0.15, 0.2) is 89.7 Å². The minimum atomic E-state index is -0.770. The van der Waals surface area contributed by atoms with Crippen LogP contribution in [0.4, 0.5) is 5.69 Å². The summed E-state index contributed by atoms with van der Waals surface area (Å²) < 4.78 is 0. The quantitative estimate of drug-likeness (QED) is 0.366. The highest BCUT2D eigenvalue weighted by Gasteiger charge is 2.28. The van der Waals surface area contributed by atoms with Gasteiger partial charge in [-0.3, -0.25) is 9.59 Å². The van der Waals surface area contributed by atoms with E-state index < -0.39 is 6.04 Å². The highest BCUT2D eigenvalue weighted by atomic mass is 35.5. The van der Waals surface area contributed by atoms with Gasteiger partial charge in [0.2, 0.25) is 11.7 Å². The van der Waals surface area contributed by atoms with Crippen molar-refractivity contribution >= 4 is 34.7 Å². The van der Waals surface area contributed by atoms with Crippen LogP contribution in [0.1, 0.15) is 27.0 Å². The number of rotatable bonds is 6. The zero-order chi connectivity index (χ0) is 23.4. The van der Waals surface area contributed by atoms with E-state index in [1.807, 2.05) is 43.3 Å². The minimum Gasteiger partial charge on any atom is -0.410 e. The zero-order valence-electron chi connectivity index (χ0n) is 17.9. The summed E-state index contributed by atoms with van der Waals surface area (Å²) in [5, 5.41) is 19.3. The molecule has 0 aliphatic heterocycles. The molecule has 3 aromatic rings. The number of benzene rings is 3. The monoisotopic (exact) mass is 459 g/mol. The Hall–Kier alpha value is -3.90. The maximum atomic E-state index is 13.3. The molecule has 0 aromatic heterocycles. The number of carbonyl (C=O) groups is 2. The molecule has 1 amide bonds. The molecule has 7 heteroatoms. The topological polar surface area (TPSA) is 90.8 Å². The number of ketones is 1. The van der Waals surface area contributed by atoms with E-state index >= 15 is 0 Å². The third-order valence-electron chi connectivity index (χ3n) is 5.45. The van der Waals surface area contributed by atoms with E-state index in [1.165, 1.54) is 6.08 Å². The first-order valence-corrected chi connectivity index (χ1v) is 10.8. The Morgan fingerprint density at radius 2 is 1.73 bits per heavy atom. The predicted molar refractivity (Wildman–Crippen MR) is 129 cm³/mol. The molecule has 0 heterocycles. The van der Waals surface area contributed by atoms with Gasteiger partial charge in [-0.25, -0.2) is 0 Å². The lowest BCUT2D eigenvalue weighted by Crippen LogP contribution is -2.44. The van der Waals surface area contributed by atoms with E-state index in [9.17, 15) is 14.8 Å². The summed E-state index contributed by atoms with van der Waals surface area (Å²) in [6.45, 7) is 1.88. The molecule has 6 nitrogen and oxygen atoms in total. The number of nitrogens with one attached hydrogen (secondary N) is 2. The summed E-state index contributed by atoms with van der Waals surface area (Å²) in [4.78, 5) is 26.4. The normalized spacial score (nSPS) is 14.9. The van der Waals surface area contributed by atoms with Gasteiger partial charge < -0.3 is 15.8 Å². The summed E-state index contributed by atoms with van der Waals surface area (Å²) in [6, 6.07) is 20.9. The van der Waals surface area contributed by atoms with E-state index in [0.29, 0.717) is 28.3 Å². The van der Waals surface area contributed by atoms with Gasteiger partial charge >= 0.3 is 0 Å². The van der Waals surface area contributed by atoms with Gasteiger partial charge in [0.25, 0.3) is 0 Å². The molecular weight excluding hydrogens is 438 g/mol. The number of anilines is 1. The van der Waals surface area contributed by atoms with Gasteiger partial charge in [0.15, 0.2) is 0 Å². The Morgan fingerprint density at radius 1 is 1.03 bits per heavy atom. The van der Waals surface area contributed by atoms with Gasteiger partial charge in [0.05, 0.1) is 5.70 Å². The van der Waals surface area contributed by atoms with Gasteiger partial charge in [-0.2, -0.15) is 0 Å². The Kier molecular flexibility index (Phi) is 6.56. The molecule has 3 N–H and O–H groups in total. The number of amides is 1. The van der Waals surface area contributed by atoms with Crippen LogP contribution in [-0.4, -0.2) is 28.7 Å². The molecule has 1 aliphatic carbocycles. The standard InChI is InChI=1S/C26H22ClN3O3/c1-16-11-12-18(14-21(16)27)28-26(32)24(13-17-7-3-2-4-8-17)29-23-15-22(30-33)19-9-5-6-10-20(19)25(23)31/h2-12,14-15,24,29,33H,13H2,1H3,(H,28,32)/b30-22-/t24-/m1/s1. The van der Waals surface area contributed by atoms with Crippen LogP contribution in [0.2, 0.25) is 5.02 Å². The molecule has 0 spiro atoms. The molecule has 0 saturated heterocycles. The van der Waals surface area contributed by atoms with Crippen molar-refractivity contribution in [3.05, 3.63) is 112 Å². The minimum absolute atomic E-state index is 0.180. The summed E-state index contributed by atoms with van der Waals surface area (Å²) >= 11 is 6.20. The number of oxime groups is 1. The molecule has 0 bridgehead atoms. The molecule has 0 fully saturated rings. The second-order valence-electron chi connectivity index (χ2n) is 7.76. The van der Waals surface area contributed by atoms with Crippen LogP contribution in [0.3, 0.4) is 0 Å². The lowest BCUT2D eigenvalue weighted by molar-refractivity contribution is -0.117. The lowest BCUT2D eigenvalue weighted by Gasteiger charge is -2.24. The van der Waals surface area contributed by atoms with E-state index in [4.69, 9.17) is 11.6 Å². The number of nitrogens with zero attached hydrogens (tertiary/aromatic N) is 1. The first kappa shape index (κ1) is 22.3. The summed E-state index contributed by atoms with van der Waals surface area (Å²) in [5.74, 6) is -0.601. The number of hydrogen-bond donors (Lipinski definition) is 3.